The molecule has 9 heteroatoms. The molecule has 0 unspecified atom stereocenters. The van der Waals surface area contributed by atoms with Crippen molar-refractivity contribution in [2.24, 2.45) is 0 Å². The van der Waals surface area contributed by atoms with Gasteiger partial charge in [0, 0.05) is 10.7 Å². The third kappa shape index (κ3) is 2.05. The maximum Gasteiger partial charge on any atom is 0.258 e. The summed E-state index contributed by atoms with van der Waals surface area (Å²) in [5.41, 5.74) is 0. The molecule has 1 rings (SSSR count). The largest absolute Gasteiger partial charge is 0.258 e. The average Bonchev–Trinajstić information content (AvgIpc) is 2.15. The molecular formula is C7H4BrF6NS. The van der Waals surface area contributed by atoms with E-state index in [2.05, 4.69) is 20.9 Å². The molecule has 1 nitrogen and oxygen atoms in total. The Morgan fingerprint density at radius 2 is 1.81 bits per heavy atom. The summed E-state index contributed by atoms with van der Waals surface area (Å²) in [6.07, 6.45) is -0.815. The van der Waals surface area contributed by atoms with Crippen molar-refractivity contribution in [2.45, 2.75) is 5.03 Å². The molecule has 0 saturated carbocycles. The van der Waals surface area contributed by atoms with Crippen LogP contribution >= 0.6 is 25.8 Å². The molecule has 0 amide bonds. The first kappa shape index (κ1) is 13.4. The Morgan fingerprint density at radius 1 is 1.25 bits per heavy atom. The number of aromatic nitrogens is 1. The van der Waals surface area contributed by atoms with Gasteiger partial charge in [0.15, 0.2) is 5.03 Å². The predicted molar refractivity (Wildman–Crippen MR) is 52.5 cm³/mol. The second-order valence-corrected chi connectivity index (χ2v) is 6.66. The van der Waals surface area contributed by atoms with Crippen molar-refractivity contribution in [3.63, 3.8) is 0 Å². The highest BCUT2D eigenvalue weighted by molar-refractivity contribution is 9.10. The number of hydrogen-bond acceptors (Lipinski definition) is 1. The van der Waals surface area contributed by atoms with Crippen molar-refractivity contribution in [3.05, 3.63) is 34.3 Å². The fourth-order valence-electron chi connectivity index (χ4n) is 0.795. The maximum absolute atomic E-state index is 13.1. The second-order valence-electron chi connectivity index (χ2n) is 2.80. The van der Waals surface area contributed by atoms with Crippen LogP contribution < -0.4 is 0 Å². The number of rotatable bonds is 2. The molecule has 0 N–H and O–H groups in total. The summed E-state index contributed by atoms with van der Waals surface area (Å²) in [6, 6.07) is 1.06. The van der Waals surface area contributed by atoms with Crippen LogP contribution in [0.15, 0.2) is 39.3 Å². The average molecular weight is 328 g/mol. The van der Waals surface area contributed by atoms with Crippen LogP contribution in [0.2, 0.25) is 0 Å². The van der Waals surface area contributed by atoms with Crippen molar-refractivity contribution in [1.82, 2.24) is 4.98 Å². The number of pyridine rings is 1. The van der Waals surface area contributed by atoms with E-state index in [0.29, 0.717) is 6.20 Å². The smallest absolute Gasteiger partial charge is 0.242 e. The van der Waals surface area contributed by atoms with E-state index in [9.17, 15) is 24.3 Å². The summed E-state index contributed by atoms with van der Waals surface area (Å²) in [7, 11) is -9.44. The van der Waals surface area contributed by atoms with Gasteiger partial charge in [0.05, 0.1) is 0 Å². The minimum Gasteiger partial charge on any atom is -0.242 e. The van der Waals surface area contributed by atoms with Gasteiger partial charge in [-0.3, -0.25) is 0 Å². The van der Waals surface area contributed by atoms with Crippen molar-refractivity contribution in [1.29, 1.82) is 0 Å². The molecule has 0 bridgehead atoms. The van der Waals surface area contributed by atoms with Gasteiger partial charge < -0.3 is 0 Å². The highest BCUT2D eigenvalue weighted by Gasteiger charge is 2.71. The Bertz CT molecular complexity index is 449. The topological polar surface area (TPSA) is 12.9 Å². The molecule has 0 aromatic carbocycles. The van der Waals surface area contributed by atoms with Gasteiger partial charge in [-0.2, -0.15) is 4.39 Å². The van der Waals surface area contributed by atoms with Crippen LogP contribution in [-0.2, 0) is 0 Å². The van der Waals surface area contributed by atoms with E-state index in [0.717, 1.165) is 6.07 Å². The van der Waals surface area contributed by atoms with E-state index in [1.807, 2.05) is 0 Å². The zero-order chi connectivity index (χ0) is 12.7. The summed E-state index contributed by atoms with van der Waals surface area (Å²) in [5.74, 6) is 0. The lowest BCUT2D eigenvalue weighted by Gasteiger charge is -2.46. The van der Waals surface area contributed by atoms with Crippen LogP contribution in [-0.4, -0.2) is 4.98 Å². The Labute approximate surface area is 94.7 Å². The van der Waals surface area contributed by atoms with Crippen LogP contribution in [0.3, 0.4) is 0 Å². The van der Waals surface area contributed by atoms with Gasteiger partial charge in [0.1, 0.15) is 6.33 Å². The molecule has 0 aliphatic carbocycles. The first-order valence-electron chi connectivity index (χ1n) is 3.59. The Morgan fingerprint density at radius 3 is 2.19 bits per heavy atom. The Kier molecular flexibility index (Phi) is 2.64. The molecule has 0 spiro atoms. The Hall–Kier alpha value is -0.700. The highest BCUT2D eigenvalue weighted by atomic mass is 79.9. The summed E-state index contributed by atoms with van der Waals surface area (Å²) in [5, 5.41) is -5.50. The van der Waals surface area contributed by atoms with Crippen LogP contribution in [0.5, 0.6) is 0 Å². The minimum atomic E-state index is -9.44. The SMILES string of the molecule is FC=C(F)S(F)(F)(F)(F)c1ccc(Br)cn1. The number of nitrogens with zero attached hydrogens (tertiary/aromatic N) is 1. The number of hydrogen-bond donors (Lipinski definition) is 0. The highest BCUT2D eigenvalue weighted by Crippen LogP contribution is 3.04. The summed E-state index contributed by atoms with van der Waals surface area (Å²) in [4.78, 5) is 2.72. The van der Waals surface area contributed by atoms with Crippen molar-refractivity contribution >= 4 is 25.8 Å². The second kappa shape index (κ2) is 3.16. The molecule has 0 radical (unpaired) electrons. The quantitative estimate of drug-likeness (QED) is 0.667. The first-order valence-corrected chi connectivity index (χ1v) is 6.44. The lowest BCUT2D eigenvalue weighted by Crippen LogP contribution is -2.16. The maximum atomic E-state index is 13.1. The molecule has 0 atom stereocenters. The van der Waals surface area contributed by atoms with E-state index in [-0.39, 0.29) is 10.5 Å². The fraction of sp³-hybridized carbons (Fsp3) is 0. The fourth-order valence-corrected chi connectivity index (χ4v) is 2.01. The summed E-state index contributed by atoms with van der Waals surface area (Å²) < 4.78 is 76.6. The van der Waals surface area contributed by atoms with Crippen LogP contribution in [0.25, 0.3) is 0 Å². The first-order chi connectivity index (χ1) is 7.01. The number of halogens is 7. The van der Waals surface area contributed by atoms with Gasteiger partial charge in [0.2, 0.25) is 9.84 Å². The lowest BCUT2D eigenvalue weighted by atomic mass is 10.5. The molecule has 1 aromatic rings. The molecule has 1 heterocycles. The third-order valence-corrected chi connectivity index (χ3v) is 4.02. The molecule has 0 saturated heterocycles. The molecule has 92 valence electrons. The summed E-state index contributed by atoms with van der Waals surface area (Å²) >= 11 is 2.78. The van der Waals surface area contributed by atoms with Gasteiger partial charge in [-0.1, -0.05) is 0 Å². The van der Waals surface area contributed by atoms with E-state index in [4.69, 9.17) is 0 Å². The molecule has 16 heavy (non-hydrogen) atoms. The minimum absolute atomic E-state index is 0.147. The molecule has 0 aliphatic rings. The lowest BCUT2D eigenvalue weighted by molar-refractivity contribution is 0.420. The van der Waals surface area contributed by atoms with Crippen LogP contribution in [0, 0.1) is 0 Å². The van der Waals surface area contributed by atoms with Gasteiger partial charge in [-0.05, 0) is 28.1 Å². The van der Waals surface area contributed by atoms with Gasteiger partial charge in [-0.15, -0.1) is 15.5 Å². The zero-order valence-electron chi connectivity index (χ0n) is 7.31. The molecule has 0 fully saturated rings. The van der Waals surface area contributed by atoms with Gasteiger partial charge in [-0.25, -0.2) is 9.37 Å². The van der Waals surface area contributed by atoms with Crippen molar-refractivity contribution in [2.75, 3.05) is 0 Å². The van der Waals surface area contributed by atoms with Crippen LogP contribution in [0.1, 0.15) is 0 Å². The van der Waals surface area contributed by atoms with E-state index in [1.54, 1.807) is 0 Å². The molecule has 1 aromatic heterocycles. The van der Waals surface area contributed by atoms with Crippen LogP contribution in [0.4, 0.5) is 24.3 Å². The van der Waals surface area contributed by atoms with E-state index < -0.39 is 26.4 Å². The Balaban J connectivity index is 3.56. The molecular weight excluding hydrogens is 324 g/mol. The van der Waals surface area contributed by atoms with Gasteiger partial charge in [0.25, 0.3) is 5.16 Å². The normalized spacial score (nSPS) is 17.8. The standard InChI is InChI=1S/C7H4BrF6NS/c8-5-1-2-7(15-4-5)16(11,12,13,14)6(10)3-9/h1-4H. The van der Waals surface area contributed by atoms with Crippen molar-refractivity contribution < 1.29 is 24.3 Å². The van der Waals surface area contributed by atoms with Gasteiger partial charge >= 0.3 is 0 Å². The summed E-state index contributed by atoms with van der Waals surface area (Å²) in [6.45, 7) is 0. The van der Waals surface area contributed by atoms with E-state index >= 15 is 0 Å². The van der Waals surface area contributed by atoms with Crippen molar-refractivity contribution in [3.8, 4) is 0 Å². The zero-order valence-corrected chi connectivity index (χ0v) is 9.71. The molecule has 0 aliphatic heterocycles. The predicted octanol–water partition coefficient (Wildman–Crippen LogP) is 5.35. The monoisotopic (exact) mass is 327 g/mol. The third-order valence-electron chi connectivity index (χ3n) is 1.60. The van der Waals surface area contributed by atoms with E-state index in [1.165, 1.54) is 0 Å².